The molecule has 0 unspecified atom stereocenters. The number of hydrogen-bond donors (Lipinski definition) is 2. The Morgan fingerprint density at radius 1 is 1.16 bits per heavy atom. The molecule has 1 aliphatic heterocycles. The Labute approximate surface area is 144 Å². The summed E-state index contributed by atoms with van der Waals surface area (Å²) in [5.41, 5.74) is 1.90. The number of hydrogen-bond acceptors (Lipinski definition) is 4. The van der Waals surface area contributed by atoms with Crippen LogP contribution in [0, 0.1) is 0 Å². The molecule has 7 nitrogen and oxygen atoms in total. The first kappa shape index (κ1) is 15.8. The number of carbonyl (C=O) groups is 1. The maximum absolute atomic E-state index is 12.7. The van der Waals surface area contributed by atoms with E-state index < -0.39 is 10.0 Å². The van der Waals surface area contributed by atoms with Crippen LogP contribution in [0.25, 0.3) is 10.8 Å². The molecular formula is C17H16N4O3S. The zero-order valence-electron chi connectivity index (χ0n) is 13.5. The lowest BCUT2D eigenvalue weighted by Gasteiger charge is -2.12. The fourth-order valence-electron chi connectivity index (χ4n) is 3.05. The number of benzene rings is 2. The van der Waals surface area contributed by atoms with E-state index in [1.54, 1.807) is 6.07 Å². The molecule has 1 amide bonds. The predicted octanol–water partition coefficient (Wildman–Crippen LogP) is 2.09. The fourth-order valence-corrected chi connectivity index (χ4v) is 3.77. The highest BCUT2D eigenvalue weighted by molar-refractivity contribution is 7.88. The van der Waals surface area contributed by atoms with Gasteiger partial charge in [-0.15, -0.1) is 0 Å². The molecule has 1 aliphatic rings. The molecule has 8 heteroatoms. The largest absolute Gasteiger partial charge is 0.307 e. The van der Waals surface area contributed by atoms with E-state index in [0.717, 1.165) is 17.0 Å². The van der Waals surface area contributed by atoms with Crippen molar-refractivity contribution in [3.8, 4) is 0 Å². The van der Waals surface area contributed by atoms with Gasteiger partial charge < -0.3 is 5.32 Å². The van der Waals surface area contributed by atoms with Crippen LogP contribution in [0.2, 0.25) is 0 Å². The third-order valence-electron chi connectivity index (χ3n) is 4.36. The first-order valence-electron chi connectivity index (χ1n) is 7.74. The van der Waals surface area contributed by atoms with Gasteiger partial charge in [-0.2, -0.15) is 9.40 Å². The van der Waals surface area contributed by atoms with Crippen molar-refractivity contribution in [2.45, 2.75) is 13.1 Å². The number of aromatic nitrogens is 2. The molecule has 1 aromatic heterocycles. The van der Waals surface area contributed by atoms with E-state index >= 15 is 0 Å². The summed E-state index contributed by atoms with van der Waals surface area (Å²) in [7, 11) is -3.30. The van der Waals surface area contributed by atoms with Gasteiger partial charge in [-0.3, -0.25) is 9.89 Å². The van der Waals surface area contributed by atoms with E-state index in [1.807, 2.05) is 36.4 Å². The molecule has 128 valence electrons. The van der Waals surface area contributed by atoms with Crippen LogP contribution in [0.1, 0.15) is 21.6 Å². The number of nitrogens with one attached hydrogen (secondary N) is 2. The van der Waals surface area contributed by atoms with E-state index in [9.17, 15) is 13.2 Å². The quantitative estimate of drug-likeness (QED) is 0.751. The Morgan fingerprint density at radius 3 is 2.72 bits per heavy atom. The van der Waals surface area contributed by atoms with Gasteiger partial charge in [0.1, 0.15) is 5.82 Å². The maximum atomic E-state index is 12.7. The lowest BCUT2D eigenvalue weighted by Crippen LogP contribution is -2.24. The molecule has 0 radical (unpaired) electrons. The molecule has 4 rings (SSSR count). The summed E-state index contributed by atoms with van der Waals surface area (Å²) < 4.78 is 24.7. The molecule has 0 atom stereocenters. The highest BCUT2D eigenvalue weighted by atomic mass is 32.2. The minimum Gasteiger partial charge on any atom is -0.307 e. The molecular weight excluding hydrogens is 340 g/mol. The monoisotopic (exact) mass is 356 g/mol. The molecule has 0 spiro atoms. The number of carbonyl (C=O) groups excluding carboxylic acids is 1. The van der Waals surface area contributed by atoms with Gasteiger partial charge in [0.2, 0.25) is 10.0 Å². The maximum Gasteiger partial charge on any atom is 0.257 e. The number of rotatable bonds is 3. The van der Waals surface area contributed by atoms with E-state index in [4.69, 9.17) is 0 Å². The van der Waals surface area contributed by atoms with Crippen molar-refractivity contribution >= 4 is 32.5 Å². The predicted molar refractivity (Wildman–Crippen MR) is 94.6 cm³/mol. The summed E-state index contributed by atoms with van der Waals surface area (Å²) in [4.78, 5) is 12.7. The van der Waals surface area contributed by atoms with Gasteiger partial charge in [0.15, 0.2) is 0 Å². The zero-order valence-corrected chi connectivity index (χ0v) is 14.3. The highest BCUT2D eigenvalue weighted by Crippen LogP contribution is 2.29. The zero-order chi connectivity index (χ0) is 17.6. The van der Waals surface area contributed by atoms with Gasteiger partial charge in [0.25, 0.3) is 5.91 Å². The molecule has 0 saturated heterocycles. The second-order valence-corrected chi connectivity index (χ2v) is 8.02. The second-order valence-electron chi connectivity index (χ2n) is 6.04. The smallest absolute Gasteiger partial charge is 0.257 e. The van der Waals surface area contributed by atoms with Crippen LogP contribution in [0.5, 0.6) is 0 Å². The number of H-pyrrole nitrogens is 1. The van der Waals surface area contributed by atoms with Gasteiger partial charge in [0.05, 0.1) is 18.5 Å². The van der Waals surface area contributed by atoms with E-state index in [-0.39, 0.29) is 19.0 Å². The summed E-state index contributed by atoms with van der Waals surface area (Å²) >= 11 is 0. The molecule has 2 aromatic carbocycles. The van der Waals surface area contributed by atoms with Crippen molar-refractivity contribution in [3.05, 3.63) is 59.3 Å². The van der Waals surface area contributed by atoms with Crippen LogP contribution >= 0.6 is 0 Å². The first-order valence-corrected chi connectivity index (χ1v) is 9.58. The van der Waals surface area contributed by atoms with Crippen LogP contribution < -0.4 is 5.32 Å². The van der Waals surface area contributed by atoms with Gasteiger partial charge in [-0.05, 0) is 16.8 Å². The molecule has 25 heavy (non-hydrogen) atoms. The number of aromatic amines is 1. The molecule has 0 saturated carbocycles. The number of fused-ring (bicyclic) bond motifs is 2. The van der Waals surface area contributed by atoms with Crippen molar-refractivity contribution in [1.82, 2.24) is 14.5 Å². The molecule has 3 aromatic rings. The van der Waals surface area contributed by atoms with Crippen LogP contribution in [0.4, 0.5) is 5.82 Å². The van der Waals surface area contributed by atoms with Crippen LogP contribution in [-0.2, 0) is 23.1 Å². The lowest BCUT2D eigenvalue weighted by atomic mass is 10.0. The van der Waals surface area contributed by atoms with Gasteiger partial charge in [-0.25, -0.2) is 8.42 Å². The van der Waals surface area contributed by atoms with E-state index in [2.05, 4.69) is 15.5 Å². The number of sulfonamides is 1. The standard InChI is InChI=1S/C17H16N4O3S/c1-25(23,24)21-9-14-15(10-21)19-20-16(14)18-17(22)13-8-4-6-11-5-2-3-7-12(11)13/h2-8H,9-10H2,1H3,(H2,18,19,20,22). The fraction of sp³-hybridized carbons (Fsp3) is 0.176. The summed E-state index contributed by atoms with van der Waals surface area (Å²) in [5.74, 6) is 0.181. The van der Waals surface area contributed by atoms with Crippen molar-refractivity contribution in [1.29, 1.82) is 0 Å². The van der Waals surface area contributed by atoms with Crippen molar-refractivity contribution in [2.24, 2.45) is 0 Å². The summed E-state index contributed by atoms with van der Waals surface area (Å²) in [6.07, 6.45) is 1.16. The third kappa shape index (κ3) is 2.79. The lowest BCUT2D eigenvalue weighted by molar-refractivity contribution is 0.102. The number of anilines is 1. The molecule has 2 N–H and O–H groups in total. The Morgan fingerprint density at radius 2 is 1.92 bits per heavy atom. The third-order valence-corrected chi connectivity index (χ3v) is 5.55. The minimum atomic E-state index is -3.30. The van der Waals surface area contributed by atoms with Crippen LogP contribution in [-0.4, -0.2) is 35.1 Å². The van der Waals surface area contributed by atoms with Gasteiger partial charge >= 0.3 is 0 Å². The van der Waals surface area contributed by atoms with Gasteiger partial charge in [-0.1, -0.05) is 36.4 Å². The number of amides is 1. The second kappa shape index (κ2) is 5.68. The SMILES string of the molecule is CS(=O)(=O)N1Cc2n[nH]c(NC(=O)c3cccc4ccccc34)c2C1. The Kier molecular flexibility index (Phi) is 3.59. The van der Waals surface area contributed by atoms with E-state index in [1.165, 1.54) is 4.31 Å². The molecule has 2 heterocycles. The van der Waals surface area contributed by atoms with Crippen molar-refractivity contribution < 1.29 is 13.2 Å². The van der Waals surface area contributed by atoms with Gasteiger partial charge in [0, 0.05) is 17.7 Å². The Balaban J connectivity index is 1.63. The first-order chi connectivity index (χ1) is 11.9. The summed E-state index contributed by atoms with van der Waals surface area (Å²) in [6.45, 7) is 0.421. The molecule has 0 bridgehead atoms. The van der Waals surface area contributed by atoms with Crippen molar-refractivity contribution in [3.63, 3.8) is 0 Å². The highest BCUT2D eigenvalue weighted by Gasteiger charge is 2.31. The Hall–Kier alpha value is -2.71. The minimum absolute atomic E-state index is 0.204. The topological polar surface area (TPSA) is 95.2 Å². The average Bonchev–Trinajstić information content (AvgIpc) is 3.16. The molecule has 0 aliphatic carbocycles. The van der Waals surface area contributed by atoms with Crippen LogP contribution in [0.3, 0.4) is 0 Å². The molecule has 0 fully saturated rings. The normalized spacial score (nSPS) is 14.6. The Bertz CT molecular complexity index is 1080. The van der Waals surface area contributed by atoms with Crippen molar-refractivity contribution in [2.75, 3.05) is 11.6 Å². The summed E-state index contributed by atoms with van der Waals surface area (Å²) in [5, 5.41) is 11.6. The summed E-state index contributed by atoms with van der Waals surface area (Å²) in [6, 6.07) is 13.2. The average molecular weight is 356 g/mol. The van der Waals surface area contributed by atoms with Crippen LogP contribution in [0.15, 0.2) is 42.5 Å². The van der Waals surface area contributed by atoms with E-state index in [0.29, 0.717) is 22.6 Å². The number of nitrogens with zero attached hydrogens (tertiary/aromatic N) is 2.